The van der Waals surface area contributed by atoms with Gasteiger partial charge in [-0.15, -0.1) is 0 Å². The highest BCUT2D eigenvalue weighted by Crippen LogP contribution is 2.21. The molecule has 1 rings (SSSR count). The largest absolute Gasteiger partial charge is 0.341 e. The minimum absolute atomic E-state index is 0.208. The molecule has 0 saturated carbocycles. The third-order valence-corrected chi connectivity index (χ3v) is 1.72. The fourth-order valence-electron chi connectivity index (χ4n) is 0.613. The minimum Gasteiger partial charge on any atom is -0.341 e. The SMILES string of the molecule is Fc1ccc(N(P)P)cc1. The van der Waals surface area contributed by atoms with Crippen LogP contribution in [0.5, 0.6) is 0 Å². The number of benzene rings is 1. The fraction of sp³-hybridized carbons (Fsp3) is 0. The summed E-state index contributed by atoms with van der Waals surface area (Å²) < 4.78 is 14.1. The van der Waals surface area contributed by atoms with Gasteiger partial charge in [0.1, 0.15) is 5.82 Å². The summed E-state index contributed by atoms with van der Waals surface area (Å²) in [4.78, 5) is 0. The molecule has 0 aliphatic heterocycles. The Morgan fingerprint density at radius 1 is 1.10 bits per heavy atom. The van der Waals surface area contributed by atoms with Crippen molar-refractivity contribution in [2.75, 3.05) is 4.44 Å². The van der Waals surface area contributed by atoms with Crippen LogP contribution in [0.3, 0.4) is 0 Å². The van der Waals surface area contributed by atoms with E-state index in [0.29, 0.717) is 0 Å². The molecule has 0 saturated heterocycles. The minimum atomic E-state index is -0.208. The van der Waals surface area contributed by atoms with E-state index < -0.39 is 0 Å². The van der Waals surface area contributed by atoms with Crippen molar-refractivity contribution in [2.24, 2.45) is 0 Å². The molecule has 0 bridgehead atoms. The Labute approximate surface area is 64.1 Å². The second-order valence-electron chi connectivity index (χ2n) is 1.88. The van der Waals surface area contributed by atoms with E-state index in [1.165, 1.54) is 12.1 Å². The Balaban J connectivity index is 2.89. The molecule has 54 valence electrons. The van der Waals surface area contributed by atoms with Crippen LogP contribution in [-0.4, -0.2) is 0 Å². The molecule has 0 spiro atoms. The van der Waals surface area contributed by atoms with Gasteiger partial charge in [-0.2, -0.15) is 0 Å². The highest BCUT2D eigenvalue weighted by Gasteiger charge is 1.93. The second-order valence-corrected chi connectivity index (χ2v) is 3.59. The summed E-state index contributed by atoms with van der Waals surface area (Å²) in [6.45, 7) is 0. The Bertz CT molecular complexity index is 209. The third-order valence-electron chi connectivity index (χ3n) is 1.12. The first kappa shape index (κ1) is 7.91. The first-order valence-corrected chi connectivity index (χ1v) is 3.78. The molecule has 0 aliphatic carbocycles. The quantitative estimate of drug-likeness (QED) is 0.591. The Morgan fingerprint density at radius 2 is 1.60 bits per heavy atom. The van der Waals surface area contributed by atoms with Crippen LogP contribution in [0.15, 0.2) is 24.3 Å². The summed E-state index contributed by atoms with van der Waals surface area (Å²) in [5.41, 5.74) is 0.941. The maximum atomic E-state index is 12.3. The Hall–Kier alpha value is -0.190. The summed E-state index contributed by atoms with van der Waals surface area (Å²) in [6, 6.07) is 6.26. The van der Waals surface area contributed by atoms with Crippen molar-refractivity contribution in [3.63, 3.8) is 0 Å². The Morgan fingerprint density at radius 3 is 2.00 bits per heavy atom. The first-order chi connectivity index (χ1) is 4.70. The van der Waals surface area contributed by atoms with E-state index in [-0.39, 0.29) is 5.82 Å². The van der Waals surface area contributed by atoms with Gasteiger partial charge in [0.25, 0.3) is 0 Å². The zero-order valence-corrected chi connectivity index (χ0v) is 7.60. The summed E-state index contributed by atoms with van der Waals surface area (Å²) in [7, 11) is 4.92. The van der Waals surface area contributed by atoms with E-state index in [1.54, 1.807) is 16.6 Å². The van der Waals surface area contributed by atoms with Crippen LogP contribution in [0.4, 0.5) is 10.1 Å². The molecule has 2 unspecified atom stereocenters. The highest BCUT2D eigenvalue weighted by atomic mass is 31.1. The summed E-state index contributed by atoms with van der Waals surface area (Å²) in [6.07, 6.45) is 0. The number of anilines is 1. The molecule has 1 aromatic rings. The van der Waals surface area contributed by atoms with Crippen molar-refractivity contribution in [1.29, 1.82) is 0 Å². The summed E-state index contributed by atoms with van der Waals surface area (Å²) in [5, 5.41) is 0. The topological polar surface area (TPSA) is 3.24 Å². The van der Waals surface area contributed by atoms with Gasteiger partial charge in [0.2, 0.25) is 0 Å². The monoisotopic (exact) mass is 175 g/mol. The van der Waals surface area contributed by atoms with Crippen molar-refractivity contribution in [1.82, 2.24) is 0 Å². The van der Waals surface area contributed by atoms with Gasteiger partial charge in [-0.1, -0.05) is 0 Å². The lowest BCUT2D eigenvalue weighted by molar-refractivity contribution is 0.628. The number of hydrogen-bond donors (Lipinski definition) is 0. The average molecular weight is 175 g/mol. The van der Waals surface area contributed by atoms with Gasteiger partial charge in [-0.05, 0) is 43.0 Å². The molecule has 0 N–H and O–H groups in total. The van der Waals surface area contributed by atoms with Gasteiger partial charge in [0.15, 0.2) is 0 Å². The van der Waals surface area contributed by atoms with Gasteiger partial charge in [-0.25, -0.2) is 4.39 Å². The third kappa shape index (κ3) is 1.90. The van der Waals surface area contributed by atoms with Gasteiger partial charge in [-0.3, -0.25) is 0 Å². The normalized spacial score (nSPS) is 9.50. The molecule has 10 heavy (non-hydrogen) atoms. The zero-order valence-electron chi connectivity index (χ0n) is 5.29. The molecule has 0 heterocycles. The van der Waals surface area contributed by atoms with Gasteiger partial charge < -0.3 is 4.44 Å². The van der Waals surface area contributed by atoms with E-state index in [0.717, 1.165) is 5.69 Å². The van der Waals surface area contributed by atoms with E-state index in [1.807, 2.05) is 0 Å². The van der Waals surface area contributed by atoms with Crippen molar-refractivity contribution in [2.45, 2.75) is 0 Å². The van der Waals surface area contributed by atoms with Gasteiger partial charge in [0.05, 0.1) is 0 Å². The predicted octanol–water partition coefficient (Wildman–Crippen LogP) is 2.21. The van der Waals surface area contributed by atoms with E-state index in [4.69, 9.17) is 0 Å². The predicted molar refractivity (Wildman–Crippen MR) is 48.3 cm³/mol. The first-order valence-electron chi connectivity index (χ1n) is 2.75. The summed E-state index contributed by atoms with van der Waals surface area (Å²) in [5.74, 6) is -0.208. The van der Waals surface area contributed by atoms with Crippen molar-refractivity contribution in [3.05, 3.63) is 30.1 Å². The molecule has 0 aliphatic rings. The molecule has 1 nitrogen and oxygen atoms in total. The lowest BCUT2D eigenvalue weighted by Crippen LogP contribution is -1.88. The van der Waals surface area contributed by atoms with E-state index in [9.17, 15) is 4.39 Å². The zero-order chi connectivity index (χ0) is 7.56. The molecule has 1 aromatic carbocycles. The average Bonchev–Trinajstić information content (AvgIpc) is 1.88. The van der Waals surface area contributed by atoms with E-state index >= 15 is 0 Å². The van der Waals surface area contributed by atoms with Crippen LogP contribution in [0.25, 0.3) is 0 Å². The van der Waals surface area contributed by atoms with Crippen molar-refractivity contribution < 1.29 is 4.39 Å². The molecule has 0 fully saturated rings. The van der Waals surface area contributed by atoms with Crippen molar-refractivity contribution in [3.8, 4) is 0 Å². The maximum Gasteiger partial charge on any atom is 0.123 e. The van der Waals surface area contributed by atoms with Crippen LogP contribution >= 0.6 is 18.8 Å². The fourth-order valence-corrected chi connectivity index (χ4v) is 0.957. The van der Waals surface area contributed by atoms with Gasteiger partial charge in [0, 0.05) is 5.69 Å². The molecule has 2 atom stereocenters. The standard InChI is InChI=1S/C6H8FNP2/c7-5-1-3-6(4-2-5)8(9)10/h1-4H,9-10H2. The molecular formula is C6H8FNP2. The molecular weight excluding hydrogens is 167 g/mol. The molecule has 0 radical (unpaired) electrons. The lowest BCUT2D eigenvalue weighted by Gasteiger charge is -2.10. The van der Waals surface area contributed by atoms with Crippen LogP contribution in [0.1, 0.15) is 0 Å². The van der Waals surface area contributed by atoms with Crippen LogP contribution in [-0.2, 0) is 0 Å². The number of nitrogens with zero attached hydrogens (tertiary/aromatic N) is 1. The van der Waals surface area contributed by atoms with Crippen molar-refractivity contribution >= 4 is 24.5 Å². The number of hydrogen-bond acceptors (Lipinski definition) is 1. The number of halogens is 1. The van der Waals surface area contributed by atoms with E-state index in [2.05, 4.69) is 18.8 Å². The van der Waals surface area contributed by atoms with Gasteiger partial charge >= 0.3 is 0 Å². The molecule has 4 heteroatoms. The maximum absolute atomic E-state index is 12.3. The number of rotatable bonds is 1. The lowest BCUT2D eigenvalue weighted by atomic mass is 10.3. The molecule has 0 amide bonds. The summed E-state index contributed by atoms with van der Waals surface area (Å²) >= 11 is 0. The van der Waals surface area contributed by atoms with Crippen LogP contribution in [0, 0.1) is 5.82 Å². The second kappa shape index (κ2) is 3.27. The van der Waals surface area contributed by atoms with Crippen LogP contribution in [0.2, 0.25) is 0 Å². The van der Waals surface area contributed by atoms with Crippen LogP contribution < -0.4 is 4.44 Å². The smallest absolute Gasteiger partial charge is 0.123 e. The highest BCUT2D eigenvalue weighted by molar-refractivity contribution is 7.39. The molecule has 0 aromatic heterocycles. The Kier molecular flexibility index (Phi) is 2.59.